The number of benzene rings is 2. The molecule has 31 heavy (non-hydrogen) atoms. The summed E-state index contributed by atoms with van der Waals surface area (Å²) in [6, 6.07) is 4.61. The van der Waals surface area contributed by atoms with Gasteiger partial charge in [-0.05, 0) is 70.4 Å². The largest absolute Gasteiger partial charge is 0.507 e. The van der Waals surface area contributed by atoms with Crippen LogP contribution in [0.2, 0.25) is 0 Å². The van der Waals surface area contributed by atoms with Crippen molar-refractivity contribution in [3.8, 4) is 23.0 Å². The van der Waals surface area contributed by atoms with E-state index in [-0.39, 0.29) is 46.3 Å². The third-order valence-corrected chi connectivity index (χ3v) is 5.09. The van der Waals surface area contributed by atoms with E-state index in [1.165, 1.54) is 6.07 Å². The van der Waals surface area contributed by atoms with Crippen LogP contribution in [0.5, 0.6) is 23.0 Å². The van der Waals surface area contributed by atoms with E-state index < -0.39 is 12.1 Å². The van der Waals surface area contributed by atoms with Crippen LogP contribution in [0.15, 0.2) is 41.5 Å². The van der Waals surface area contributed by atoms with Crippen molar-refractivity contribution in [1.29, 1.82) is 0 Å². The molecule has 3 N–H and O–H groups in total. The lowest BCUT2D eigenvalue weighted by Gasteiger charge is -2.19. The zero-order valence-corrected chi connectivity index (χ0v) is 18.4. The highest BCUT2D eigenvalue weighted by Gasteiger charge is 2.36. The van der Waals surface area contributed by atoms with Gasteiger partial charge in [-0.15, -0.1) is 0 Å². The molecule has 0 aliphatic carbocycles. The molecule has 6 heteroatoms. The quantitative estimate of drug-likeness (QED) is 0.593. The first kappa shape index (κ1) is 22.4. The summed E-state index contributed by atoms with van der Waals surface area (Å²) in [4.78, 5) is 13.5. The van der Waals surface area contributed by atoms with E-state index >= 15 is 0 Å². The van der Waals surface area contributed by atoms with Gasteiger partial charge in [0.1, 0.15) is 35.2 Å². The van der Waals surface area contributed by atoms with Gasteiger partial charge in [-0.1, -0.05) is 23.3 Å². The second kappa shape index (κ2) is 8.86. The predicted molar refractivity (Wildman–Crippen MR) is 118 cm³/mol. The van der Waals surface area contributed by atoms with Crippen molar-refractivity contribution in [2.45, 2.75) is 47.3 Å². The summed E-state index contributed by atoms with van der Waals surface area (Å²) in [6.45, 7) is 9.69. The minimum atomic E-state index is -1.56. The van der Waals surface area contributed by atoms with Gasteiger partial charge in [-0.2, -0.15) is 0 Å². The van der Waals surface area contributed by atoms with Crippen molar-refractivity contribution in [2.24, 2.45) is 0 Å². The number of ether oxygens (including phenoxy) is 2. The first-order chi connectivity index (χ1) is 14.6. The van der Waals surface area contributed by atoms with E-state index in [0.29, 0.717) is 17.5 Å². The summed E-state index contributed by atoms with van der Waals surface area (Å²) >= 11 is 0. The van der Waals surface area contributed by atoms with Crippen molar-refractivity contribution < 1.29 is 29.6 Å². The maximum absolute atomic E-state index is 13.5. The molecule has 1 heterocycles. The van der Waals surface area contributed by atoms with Crippen LogP contribution in [0.4, 0.5) is 0 Å². The number of aliphatic hydroxyl groups is 1. The molecule has 0 saturated carbocycles. The third kappa shape index (κ3) is 4.44. The first-order valence-electron chi connectivity index (χ1n) is 10.1. The maximum atomic E-state index is 13.5. The van der Waals surface area contributed by atoms with Gasteiger partial charge in [0.2, 0.25) is 12.1 Å². The lowest BCUT2D eigenvalue weighted by molar-refractivity contribution is -0.0209. The molecule has 0 unspecified atom stereocenters. The summed E-state index contributed by atoms with van der Waals surface area (Å²) in [6.07, 6.45) is 2.67. The highest BCUT2D eigenvalue weighted by atomic mass is 16.6. The number of aliphatic hydroxyl groups excluding tert-OH is 1. The van der Waals surface area contributed by atoms with Gasteiger partial charge in [0.05, 0.1) is 11.1 Å². The number of aromatic hydroxyl groups is 2. The minimum absolute atomic E-state index is 0.0412. The lowest BCUT2D eigenvalue weighted by Crippen LogP contribution is -2.12. The van der Waals surface area contributed by atoms with Gasteiger partial charge < -0.3 is 24.8 Å². The molecule has 0 saturated heterocycles. The van der Waals surface area contributed by atoms with E-state index in [0.717, 1.165) is 11.1 Å². The predicted octanol–water partition coefficient (Wildman–Crippen LogP) is 4.87. The fourth-order valence-electron chi connectivity index (χ4n) is 3.48. The molecule has 1 aliphatic heterocycles. The van der Waals surface area contributed by atoms with E-state index in [4.69, 9.17) is 9.47 Å². The highest BCUT2D eigenvalue weighted by molar-refractivity contribution is 6.16. The van der Waals surface area contributed by atoms with E-state index in [2.05, 4.69) is 0 Å². The number of carbonyl (C=O) groups is 1. The van der Waals surface area contributed by atoms with Crippen molar-refractivity contribution in [1.82, 2.24) is 0 Å². The Bertz CT molecular complexity index is 1090. The van der Waals surface area contributed by atoms with Gasteiger partial charge in [-0.25, -0.2) is 0 Å². The average molecular weight is 424 g/mol. The molecule has 164 valence electrons. The monoisotopic (exact) mass is 424 g/mol. The maximum Gasteiger partial charge on any atom is 0.228 e. The standard InChI is InChI=1S/C25H28O6/c1-13(2)6-7-16-8-9-18-20(22(16)27)23(28)19-17(26)12-15(5)24(21(19)25(29)31-18)30-11-10-14(3)4/h6,8-10,12,25-27,29H,7,11H2,1-5H3/t25-/m1/s1. The number of carbonyl (C=O) groups excluding carboxylic acids is 1. The fraction of sp³-hybridized carbons (Fsp3) is 0.320. The van der Waals surface area contributed by atoms with Crippen molar-refractivity contribution in [2.75, 3.05) is 6.61 Å². The molecule has 0 amide bonds. The molecule has 6 nitrogen and oxygen atoms in total. The van der Waals surface area contributed by atoms with Gasteiger partial charge in [-0.3, -0.25) is 4.79 Å². The molecule has 1 atom stereocenters. The van der Waals surface area contributed by atoms with Crippen molar-refractivity contribution in [3.63, 3.8) is 0 Å². The van der Waals surface area contributed by atoms with Gasteiger partial charge in [0.25, 0.3) is 0 Å². The summed E-state index contributed by atoms with van der Waals surface area (Å²) < 4.78 is 11.5. The molecule has 2 aromatic carbocycles. The van der Waals surface area contributed by atoms with Crippen LogP contribution in [0.25, 0.3) is 0 Å². The third-order valence-electron chi connectivity index (χ3n) is 5.09. The normalized spacial score (nSPS) is 14.6. The molecule has 1 aliphatic rings. The number of rotatable bonds is 5. The number of aryl methyl sites for hydroxylation is 1. The van der Waals surface area contributed by atoms with Crippen LogP contribution in [0.3, 0.4) is 0 Å². The molecule has 0 fully saturated rings. The molecular weight excluding hydrogens is 396 g/mol. The van der Waals surface area contributed by atoms with Crippen LogP contribution in [-0.4, -0.2) is 27.7 Å². The SMILES string of the molecule is CC(C)=CCOc1c(C)cc(O)c2c1[C@H](O)Oc1ccc(CC=C(C)C)c(O)c1C2=O. The summed E-state index contributed by atoms with van der Waals surface area (Å²) in [5.41, 5.74) is 3.03. The Morgan fingerprint density at radius 3 is 2.42 bits per heavy atom. The fourth-order valence-corrected chi connectivity index (χ4v) is 3.48. The number of hydrogen-bond acceptors (Lipinski definition) is 6. The Hall–Kier alpha value is -3.25. The smallest absolute Gasteiger partial charge is 0.228 e. The summed E-state index contributed by atoms with van der Waals surface area (Å²) in [5, 5.41) is 32.3. The summed E-state index contributed by atoms with van der Waals surface area (Å²) in [5.74, 6) is -0.867. The molecule has 3 rings (SSSR count). The highest BCUT2D eigenvalue weighted by Crippen LogP contribution is 2.46. The lowest BCUT2D eigenvalue weighted by atomic mass is 9.93. The van der Waals surface area contributed by atoms with Crippen LogP contribution in [0.1, 0.15) is 66.6 Å². The number of phenolic OH excluding ortho intramolecular Hbond substituents is 2. The van der Waals surface area contributed by atoms with Crippen LogP contribution >= 0.6 is 0 Å². The molecule has 0 aromatic heterocycles. The van der Waals surface area contributed by atoms with E-state index in [1.807, 2.05) is 39.8 Å². The van der Waals surface area contributed by atoms with Crippen LogP contribution in [0, 0.1) is 6.92 Å². The van der Waals surface area contributed by atoms with Crippen molar-refractivity contribution in [3.05, 3.63) is 69.3 Å². The van der Waals surface area contributed by atoms with E-state index in [1.54, 1.807) is 19.1 Å². The number of ketones is 1. The van der Waals surface area contributed by atoms with E-state index in [9.17, 15) is 20.1 Å². The minimum Gasteiger partial charge on any atom is -0.507 e. The van der Waals surface area contributed by atoms with Gasteiger partial charge >= 0.3 is 0 Å². The number of allylic oxidation sites excluding steroid dienone is 3. The van der Waals surface area contributed by atoms with Gasteiger partial charge in [0.15, 0.2) is 0 Å². The first-order valence-corrected chi connectivity index (χ1v) is 10.1. The zero-order valence-electron chi connectivity index (χ0n) is 18.4. The number of phenols is 2. The number of fused-ring (bicyclic) bond motifs is 2. The zero-order chi connectivity index (χ0) is 22.9. The Morgan fingerprint density at radius 1 is 1.10 bits per heavy atom. The Balaban J connectivity index is 2.18. The molecule has 0 spiro atoms. The Labute approximate surface area is 182 Å². The second-order valence-corrected chi connectivity index (χ2v) is 8.15. The Kier molecular flexibility index (Phi) is 6.41. The molecular formula is C25H28O6. The Morgan fingerprint density at radius 2 is 1.77 bits per heavy atom. The molecule has 0 radical (unpaired) electrons. The molecule has 2 aromatic rings. The topological polar surface area (TPSA) is 96.2 Å². The van der Waals surface area contributed by atoms with Crippen LogP contribution in [-0.2, 0) is 6.42 Å². The average Bonchev–Trinajstić information content (AvgIpc) is 2.78. The number of hydrogen-bond donors (Lipinski definition) is 3. The summed E-state index contributed by atoms with van der Waals surface area (Å²) in [7, 11) is 0. The second-order valence-electron chi connectivity index (χ2n) is 8.15. The van der Waals surface area contributed by atoms with Crippen LogP contribution < -0.4 is 9.47 Å². The van der Waals surface area contributed by atoms with Crippen molar-refractivity contribution >= 4 is 5.78 Å². The van der Waals surface area contributed by atoms with Gasteiger partial charge in [0, 0.05) is 0 Å². The molecule has 0 bridgehead atoms.